The highest BCUT2D eigenvalue weighted by atomic mass is 16.2. The van der Waals surface area contributed by atoms with E-state index in [0.29, 0.717) is 24.1 Å². The van der Waals surface area contributed by atoms with Gasteiger partial charge in [-0.05, 0) is 23.3 Å². The van der Waals surface area contributed by atoms with Gasteiger partial charge in [-0.25, -0.2) is 9.36 Å². The molecule has 1 aliphatic heterocycles. The maximum absolute atomic E-state index is 12.1. The van der Waals surface area contributed by atoms with Gasteiger partial charge >= 0.3 is 5.69 Å². The van der Waals surface area contributed by atoms with Gasteiger partial charge in [-0.3, -0.25) is 14.2 Å². The van der Waals surface area contributed by atoms with Crippen LogP contribution < -0.4 is 5.69 Å². The SMILES string of the molecule is CC(=O)N1Cc2cc3c(cc2C1)n(C(C)=O)c(=O)n3C. The third-order valence-corrected chi connectivity index (χ3v) is 3.86. The minimum absolute atomic E-state index is 0.0224. The summed E-state index contributed by atoms with van der Waals surface area (Å²) in [5.74, 6) is -0.281. The van der Waals surface area contributed by atoms with Crippen molar-refractivity contribution in [3.63, 3.8) is 0 Å². The van der Waals surface area contributed by atoms with Gasteiger partial charge in [-0.2, -0.15) is 0 Å². The molecular weight excluding hydrogens is 258 g/mol. The van der Waals surface area contributed by atoms with Crippen LogP contribution >= 0.6 is 0 Å². The van der Waals surface area contributed by atoms with E-state index in [1.165, 1.54) is 23.0 Å². The quantitative estimate of drug-likeness (QED) is 0.715. The summed E-state index contributed by atoms with van der Waals surface area (Å²) < 4.78 is 2.64. The van der Waals surface area contributed by atoms with Crippen molar-refractivity contribution in [1.82, 2.24) is 14.0 Å². The predicted molar refractivity (Wildman–Crippen MR) is 73.4 cm³/mol. The first-order valence-electron chi connectivity index (χ1n) is 6.40. The van der Waals surface area contributed by atoms with Crippen LogP contribution in [0.1, 0.15) is 29.8 Å². The van der Waals surface area contributed by atoms with Crippen LogP contribution in [0.25, 0.3) is 11.0 Å². The van der Waals surface area contributed by atoms with Gasteiger partial charge in [0.15, 0.2) is 0 Å². The second kappa shape index (κ2) is 4.06. The Bertz CT molecular complexity index is 813. The molecule has 1 aromatic carbocycles. The van der Waals surface area contributed by atoms with Crippen LogP contribution in [0.3, 0.4) is 0 Å². The van der Waals surface area contributed by atoms with Crippen LogP contribution in [-0.4, -0.2) is 25.8 Å². The number of benzene rings is 1. The maximum Gasteiger partial charge on any atom is 0.335 e. The van der Waals surface area contributed by atoms with E-state index < -0.39 is 0 Å². The molecule has 1 aliphatic rings. The largest absolute Gasteiger partial charge is 0.335 e. The summed E-state index contributed by atoms with van der Waals surface area (Å²) in [7, 11) is 1.65. The molecule has 20 heavy (non-hydrogen) atoms. The molecule has 1 amide bonds. The van der Waals surface area contributed by atoms with Gasteiger partial charge < -0.3 is 4.90 Å². The number of hydrogen-bond acceptors (Lipinski definition) is 3. The monoisotopic (exact) mass is 273 g/mol. The first-order chi connectivity index (χ1) is 9.40. The summed E-state index contributed by atoms with van der Waals surface area (Å²) in [4.78, 5) is 36.9. The zero-order valence-electron chi connectivity index (χ0n) is 11.6. The molecule has 0 atom stereocenters. The van der Waals surface area contributed by atoms with E-state index in [0.717, 1.165) is 11.1 Å². The first-order valence-corrected chi connectivity index (χ1v) is 6.40. The van der Waals surface area contributed by atoms with Crippen molar-refractivity contribution >= 4 is 22.8 Å². The summed E-state index contributed by atoms with van der Waals surface area (Å²) in [6.07, 6.45) is 0. The third-order valence-electron chi connectivity index (χ3n) is 3.86. The molecule has 0 unspecified atom stereocenters. The van der Waals surface area contributed by atoms with Gasteiger partial charge in [0.1, 0.15) is 0 Å². The molecule has 2 aromatic rings. The number of hydrogen-bond donors (Lipinski definition) is 0. The van der Waals surface area contributed by atoms with E-state index in [9.17, 15) is 14.4 Å². The van der Waals surface area contributed by atoms with Crippen molar-refractivity contribution in [2.45, 2.75) is 26.9 Å². The fourth-order valence-corrected chi connectivity index (χ4v) is 2.76. The zero-order chi connectivity index (χ0) is 14.6. The van der Waals surface area contributed by atoms with Gasteiger partial charge in [0, 0.05) is 34.0 Å². The number of aryl methyl sites for hydroxylation is 1. The minimum Gasteiger partial charge on any atom is -0.334 e. The van der Waals surface area contributed by atoms with Crippen LogP contribution in [-0.2, 0) is 24.9 Å². The smallest absolute Gasteiger partial charge is 0.334 e. The Hall–Kier alpha value is -2.37. The Morgan fingerprint density at radius 1 is 1.00 bits per heavy atom. The second-order valence-electron chi connectivity index (χ2n) is 5.18. The van der Waals surface area contributed by atoms with Crippen molar-refractivity contribution in [2.75, 3.05) is 0 Å². The summed E-state index contributed by atoms with van der Waals surface area (Å²) in [6, 6.07) is 3.74. The highest BCUT2D eigenvalue weighted by Crippen LogP contribution is 2.27. The van der Waals surface area contributed by atoms with Gasteiger partial charge in [0.25, 0.3) is 0 Å². The molecule has 0 radical (unpaired) electrons. The third kappa shape index (κ3) is 1.61. The summed E-state index contributed by atoms with van der Waals surface area (Å²) in [6.45, 7) is 3.99. The first kappa shape index (κ1) is 12.7. The van der Waals surface area contributed by atoms with Crippen LogP contribution in [0, 0.1) is 0 Å². The molecule has 0 saturated carbocycles. The lowest BCUT2D eigenvalue weighted by Gasteiger charge is -2.11. The number of amides is 1. The topological polar surface area (TPSA) is 64.3 Å². The van der Waals surface area contributed by atoms with E-state index in [-0.39, 0.29) is 17.5 Å². The normalized spacial score (nSPS) is 13.8. The molecule has 0 bridgehead atoms. The van der Waals surface area contributed by atoms with Crippen LogP contribution in [0.15, 0.2) is 16.9 Å². The standard InChI is InChI=1S/C14H15N3O3/c1-8(18)16-6-10-4-12-13(5-11(10)7-16)17(9(2)19)14(20)15(12)3/h4-5H,6-7H2,1-3H3. The molecule has 0 fully saturated rings. The van der Waals surface area contributed by atoms with Crippen molar-refractivity contribution in [2.24, 2.45) is 7.05 Å². The van der Waals surface area contributed by atoms with Gasteiger partial charge in [0.05, 0.1) is 11.0 Å². The number of imidazole rings is 1. The fraction of sp³-hybridized carbons (Fsp3) is 0.357. The number of nitrogens with zero attached hydrogens (tertiary/aromatic N) is 3. The Labute approximate surface area is 115 Å². The van der Waals surface area contributed by atoms with E-state index in [1.807, 2.05) is 12.1 Å². The highest BCUT2D eigenvalue weighted by molar-refractivity contribution is 5.90. The average molecular weight is 273 g/mol. The average Bonchev–Trinajstić information content (AvgIpc) is 2.88. The number of fused-ring (bicyclic) bond motifs is 2. The highest BCUT2D eigenvalue weighted by Gasteiger charge is 2.24. The van der Waals surface area contributed by atoms with Crippen molar-refractivity contribution in [3.05, 3.63) is 33.7 Å². The van der Waals surface area contributed by atoms with Crippen molar-refractivity contribution in [3.8, 4) is 0 Å². The summed E-state index contributed by atoms with van der Waals surface area (Å²) >= 11 is 0. The minimum atomic E-state index is -0.334. The number of rotatable bonds is 0. The molecule has 6 heteroatoms. The molecule has 0 saturated heterocycles. The molecule has 6 nitrogen and oxygen atoms in total. The number of aromatic nitrogens is 2. The lowest BCUT2D eigenvalue weighted by Crippen LogP contribution is -2.25. The molecule has 2 heterocycles. The molecule has 1 aromatic heterocycles. The van der Waals surface area contributed by atoms with Gasteiger partial charge in [-0.15, -0.1) is 0 Å². The summed E-state index contributed by atoms with van der Waals surface area (Å²) in [5.41, 5.74) is 3.01. The molecule has 0 spiro atoms. The van der Waals surface area contributed by atoms with Crippen LogP contribution in [0.2, 0.25) is 0 Å². The molecule has 104 valence electrons. The van der Waals surface area contributed by atoms with Crippen LogP contribution in [0.4, 0.5) is 0 Å². The Morgan fingerprint density at radius 2 is 1.55 bits per heavy atom. The fourth-order valence-electron chi connectivity index (χ4n) is 2.76. The molecule has 0 N–H and O–H groups in total. The van der Waals surface area contributed by atoms with Crippen LogP contribution in [0.5, 0.6) is 0 Å². The zero-order valence-corrected chi connectivity index (χ0v) is 11.6. The number of carbonyl (C=O) groups excluding carboxylic acids is 2. The molecule has 0 aliphatic carbocycles. The van der Waals surface area contributed by atoms with E-state index >= 15 is 0 Å². The van der Waals surface area contributed by atoms with E-state index in [4.69, 9.17) is 0 Å². The number of carbonyl (C=O) groups is 2. The lowest BCUT2D eigenvalue weighted by molar-refractivity contribution is -0.129. The maximum atomic E-state index is 12.1. The van der Waals surface area contributed by atoms with Crippen molar-refractivity contribution < 1.29 is 9.59 Å². The Balaban J connectivity index is 2.26. The predicted octanol–water partition coefficient (Wildman–Crippen LogP) is 0.862. The van der Waals surface area contributed by atoms with E-state index in [2.05, 4.69) is 0 Å². The molecule has 3 rings (SSSR count). The second-order valence-corrected chi connectivity index (χ2v) is 5.18. The van der Waals surface area contributed by atoms with E-state index in [1.54, 1.807) is 11.9 Å². The lowest BCUT2D eigenvalue weighted by atomic mass is 10.1. The van der Waals surface area contributed by atoms with Crippen molar-refractivity contribution in [1.29, 1.82) is 0 Å². The van der Waals surface area contributed by atoms with Gasteiger partial charge in [-0.1, -0.05) is 0 Å². The Morgan fingerprint density at radius 3 is 2.05 bits per heavy atom. The summed E-state index contributed by atoms with van der Waals surface area (Å²) in [5, 5.41) is 0. The Kier molecular flexibility index (Phi) is 2.57. The van der Waals surface area contributed by atoms with Gasteiger partial charge in [0.2, 0.25) is 11.8 Å². The molecular formula is C14H15N3O3.